The normalized spacial score (nSPS) is 12.8. The third-order valence-corrected chi connectivity index (χ3v) is 3.78. The molecular weight excluding hydrogens is 291 g/mol. The quantitative estimate of drug-likeness (QED) is 0.918. The minimum Gasteiger partial charge on any atom is -0.322 e. The van der Waals surface area contributed by atoms with Crippen molar-refractivity contribution in [3.8, 4) is 11.3 Å². The van der Waals surface area contributed by atoms with E-state index in [0.717, 1.165) is 16.3 Å². The highest BCUT2D eigenvalue weighted by molar-refractivity contribution is 9.10. The van der Waals surface area contributed by atoms with Crippen molar-refractivity contribution >= 4 is 27.3 Å². The molecular formula is C11H10BrFN2S. The molecule has 0 spiro atoms. The lowest BCUT2D eigenvalue weighted by Gasteiger charge is -2.00. The van der Waals surface area contributed by atoms with Gasteiger partial charge >= 0.3 is 0 Å². The van der Waals surface area contributed by atoms with Crippen molar-refractivity contribution in [2.45, 2.75) is 13.0 Å². The first-order chi connectivity index (χ1) is 7.58. The van der Waals surface area contributed by atoms with Crippen molar-refractivity contribution in [1.82, 2.24) is 4.98 Å². The summed E-state index contributed by atoms with van der Waals surface area (Å²) in [5, 5.41) is 2.81. The number of hydrogen-bond acceptors (Lipinski definition) is 3. The predicted molar refractivity (Wildman–Crippen MR) is 67.8 cm³/mol. The van der Waals surface area contributed by atoms with Crippen LogP contribution < -0.4 is 5.73 Å². The topological polar surface area (TPSA) is 38.9 Å². The molecule has 1 heterocycles. The molecule has 2 aromatic rings. The SMILES string of the molecule is CC(N)c1nc(-c2ccc(F)c(Br)c2)cs1. The van der Waals surface area contributed by atoms with Gasteiger partial charge in [-0.25, -0.2) is 9.37 Å². The van der Waals surface area contributed by atoms with E-state index in [4.69, 9.17) is 5.73 Å². The molecule has 0 amide bonds. The summed E-state index contributed by atoms with van der Waals surface area (Å²) in [5.74, 6) is -0.272. The van der Waals surface area contributed by atoms with Crippen LogP contribution in [0.25, 0.3) is 11.3 Å². The highest BCUT2D eigenvalue weighted by Crippen LogP contribution is 2.27. The van der Waals surface area contributed by atoms with E-state index in [2.05, 4.69) is 20.9 Å². The summed E-state index contributed by atoms with van der Waals surface area (Å²) in [7, 11) is 0. The van der Waals surface area contributed by atoms with Crippen molar-refractivity contribution in [1.29, 1.82) is 0 Å². The highest BCUT2D eigenvalue weighted by atomic mass is 79.9. The molecule has 1 atom stereocenters. The minimum atomic E-state index is -0.272. The summed E-state index contributed by atoms with van der Waals surface area (Å²) in [6.07, 6.45) is 0. The number of nitrogens with zero attached hydrogens (tertiary/aromatic N) is 1. The van der Waals surface area contributed by atoms with Gasteiger partial charge in [-0.2, -0.15) is 0 Å². The molecule has 0 aliphatic rings. The fraction of sp³-hybridized carbons (Fsp3) is 0.182. The fourth-order valence-electron chi connectivity index (χ4n) is 1.28. The molecule has 2 nitrogen and oxygen atoms in total. The van der Waals surface area contributed by atoms with Gasteiger partial charge in [0.2, 0.25) is 0 Å². The van der Waals surface area contributed by atoms with Crippen molar-refractivity contribution < 1.29 is 4.39 Å². The molecule has 0 saturated carbocycles. The molecule has 1 aromatic heterocycles. The number of rotatable bonds is 2. The van der Waals surface area contributed by atoms with Crippen LogP contribution >= 0.6 is 27.3 Å². The number of hydrogen-bond donors (Lipinski definition) is 1. The first-order valence-electron chi connectivity index (χ1n) is 4.74. The second-order valence-electron chi connectivity index (χ2n) is 3.49. The number of nitrogens with two attached hydrogens (primary N) is 1. The summed E-state index contributed by atoms with van der Waals surface area (Å²) in [5.41, 5.74) is 7.45. The van der Waals surface area contributed by atoms with E-state index in [9.17, 15) is 4.39 Å². The average Bonchev–Trinajstić information content (AvgIpc) is 2.71. The van der Waals surface area contributed by atoms with Crippen LogP contribution in [0.4, 0.5) is 4.39 Å². The number of thiazole rings is 1. The van der Waals surface area contributed by atoms with E-state index in [1.807, 2.05) is 12.3 Å². The Bertz CT molecular complexity index is 510. The summed E-state index contributed by atoms with van der Waals surface area (Å²) in [6, 6.07) is 4.78. The van der Waals surface area contributed by atoms with Crippen LogP contribution in [0, 0.1) is 5.82 Å². The molecule has 0 radical (unpaired) electrons. The molecule has 0 bridgehead atoms. The van der Waals surface area contributed by atoms with E-state index in [0.29, 0.717) is 4.47 Å². The molecule has 0 aliphatic carbocycles. The maximum Gasteiger partial charge on any atom is 0.137 e. The Morgan fingerprint density at radius 3 is 2.81 bits per heavy atom. The maximum atomic E-state index is 13.1. The molecule has 0 saturated heterocycles. The third kappa shape index (κ3) is 2.31. The summed E-state index contributed by atoms with van der Waals surface area (Å²) in [4.78, 5) is 4.40. The molecule has 1 unspecified atom stereocenters. The first-order valence-corrected chi connectivity index (χ1v) is 6.41. The maximum absolute atomic E-state index is 13.1. The monoisotopic (exact) mass is 300 g/mol. The predicted octanol–water partition coefficient (Wildman–Crippen LogP) is 3.73. The summed E-state index contributed by atoms with van der Waals surface area (Å²) < 4.78 is 13.5. The zero-order valence-electron chi connectivity index (χ0n) is 8.58. The third-order valence-electron chi connectivity index (χ3n) is 2.13. The number of halogens is 2. The van der Waals surface area contributed by atoms with Gasteiger partial charge in [-0.3, -0.25) is 0 Å². The van der Waals surface area contributed by atoms with Gasteiger partial charge in [-0.1, -0.05) is 0 Å². The van der Waals surface area contributed by atoms with Gasteiger partial charge in [0.15, 0.2) is 0 Å². The standard InChI is InChI=1S/C11H10BrFN2S/c1-6(14)11-15-10(5-16-11)7-2-3-9(13)8(12)4-7/h2-6H,14H2,1H3. The Balaban J connectivity index is 2.39. The van der Waals surface area contributed by atoms with E-state index in [-0.39, 0.29) is 11.9 Å². The van der Waals surface area contributed by atoms with Crippen LogP contribution in [-0.4, -0.2) is 4.98 Å². The number of aromatic nitrogens is 1. The zero-order chi connectivity index (χ0) is 11.7. The van der Waals surface area contributed by atoms with E-state index in [1.165, 1.54) is 17.4 Å². The molecule has 0 aliphatic heterocycles. The van der Waals surface area contributed by atoms with Gasteiger partial charge in [0.1, 0.15) is 10.8 Å². The summed E-state index contributed by atoms with van der Waals surface area (Å²) >= 11 is 4.67. The molecule has 1 aromatic carbocycles. The largest absolute Gasteiger partial charge is 0.322 e. The molecule has 5 heteroatoms. The lowest BCUT2D eigenvalue weighted by Crippen LogP contribution is -2.03. The van der Waals surface area contributed by atoms with E-state index in [1.54, 1.807) is 12.1 Å². The van der Waals surface area contributed by atoms with E-state index >= 15 is 0 Å². The van der Waals surface area contributed by atoms with Gasteiger partial charge in [-0.05, 0) is 41.1 Å². The van der Waals surface area contributed by atoms with Gasteiger partial charge in [-0.15, -0.1) is 11.3 Å². The van der Waals surface area contributed by atoms with Crippen LogP contribution in [0.5, 0.6) is 0 Å². The lowest BCUT2D eigenvalue weighted by molar-refractivity contribution is 0.621. The number of benzene rings is 1. The minimum absolute atomic E-state index is 0.0670. The van der Waals surface area contributed by atoms with Crippen molar-refractivity contribution in [2.24, 2.45) is 5.73 Å². The second kappa shape index (κ2) is 4.61. The zero-order valence-corrected chi connectivity index (χ0v) is 11.0. The van der Waals surface area contributed by atoms with E-state index < -0.39 is 0 Å². The first kappa shape index (κ1) is 11.7. The van der Waals surface area contributed by atoms with Gasteiger partial charge in [0, 0.05) is 10.9 Å². The Kier molecular flexibility index (Phi) is 3.37. The van der Waals surface area contributed by atoms with Crippen LogP contribution in [0.15, 0.2) is 28.1 Å². The Labute approximate surface area is 105 Å². The van der Waals surface area contributed by atoms with Crippen LogP contribution in [-0.2, 0) is 0 Å². The van der Waals surface area contributed by atoms with Gasteiger partial charge < -0.3 is 5.73 Å². The molecule has 84 valence electrons. The average molecular weight is 301 g/mol. The van der Waals surface area contributed by atoms with Gasteiger partial charge in [0.25, 0.3) is 0 Å². The van der Waals surface area contributed by atoms with Crippen LogP contribution in [0.2, 0.25) is 0 Å². The fourth-order valence-corrected chi connectivity index (χ4v) is 2.45. The molecule has 16 heavy (non-hydrogen) atoms. The summed E-state index contributed by atoms with van der Waals surface area (Å²) in [6.45, 7) is 1.89. The van der Waals surface area contributed by atoms with Crippen molar-refractivity contribution in [2.75, 3.05) is 0 Å². The van der Waals surface area contributed by atoms with Crippen molar-refractivity contribution in [3.05, 3.63) is 38.9 Å². The molecule has 2 rings (SSSR count). The Morgan fingerprint density at radius 2 is 2.25 bits per heavy atom. The second-order valence-corrected chi connectivity index (χ2v) is 5.23. The molecule has 0 fully saturated rings. The Morgan fingerprint density at radius 1 is 1.50 bits per heavy atom. The highest BCUT2D eigenvalue weighted by Gasteiger charge is 2.09. The molecule has 2 N–H and O–H groups in total. The van der Waals surface area contributed by atoms with Crippen LogP contribution in [0.1, 0.15) is 18.0 Å². The van der Waals surface area contributed by atoms with Crippen molar-refractivity contribution in [3.63, 3.8) is 0 Å². The lowest BCUT2D eigenvalue weighted by atomic mass is 10.2. The Hall–Kier alpha value is -0.780. The van der Waals surface area contributed by atoms with Crippen LogP contribution in [0.3, 0.4) is 0 Å². The smallest absolute Gasteiger partial charge is 0.137 e. The van der Waals surface area contributed by atoms with Gasteiger partial charge in [0.05, 0.1) is 16.2 Å².